The van der Waals surface area contributed by atoms with E-state index in [9.17, 15) is 22.8 Å². The normalized spacial score (nSPS) is 11.4. The number of hydrogen-bond acceptors (Lipinski definition) is 4. The molecule has 0 radical (unpaired) electrons. The Morgan fingerprint density at radius 2 is 2.05 bits per heavy atom. The molecule has 0 aliphatic heterocycles. The molecule has 0 aliphatic rings. The van der Waals surface area contributed by atoms with E-state index in [0.717, 1.165) is 12.1 Å². The number of halogens is 3. The van der Waals surface area contributed by atoms with Crippen molar-refractivity contribution in [2.24, 2.45) is 0 Å². The van der Waals surface area contributed by atoms with E-state index < -0.39 is 23.5 Å². The third kappa shape index (κ3) is 3.33. The van der Waals surface area contributed by atoms with E-state index in [-0.39, 0.29) is 23.3 Å². The molecule has 0 atom stereocenters. The van der Waals surface area contributed by atoms with Gasteiger partial charge in [0.1, 0.15) is 5.58 Å². The number of ether oxygens (including phenoxy) is 1. The van der Waals surface area contributed by atoms with E-state index in [1.165, 1.54) is 6.07 Å². The third-order valence-electron chi connectivity index (χ3n) is 2.57. The Balaban J connectivity index is 2.49. The minimum Gasteiger partial charge on any atom is -0.450 e. The zero-order chi connectivity index (χ0) is 15.6. The molecule has 1 aromatic carbocycles. The average Bonchev–Trinajstić information content (AvgIpc) is 2.36. The van der Waals surface area contributed by atoms with Gasteiger partial charge in [-0.05, 0) is 19.1 Å². The first kappa shape index (κ1) is 14.9. The summed E-state index contributed by atoms with van der Waals surface area (Å²) < 4.78 is 47.9. The van der Waals surface area contributed by atoms with E-state index >= 15 is 0 Å². The van der Waals surface area contributed by atoms with Crippen LogP contribution >= 0.6 is 0 Å². The van der Waals surface area contributed by atoms with Crippen molar-refractivity contribution in [1.29, 1.82) is 0 Å². The minimum absolute atomic E-state index is 0.146. The zero-order valence-electron chi connectivity index (χ0n) is 10.8. The molecular formula is C13H10F3NO4. The molecule has 2 aromatic rings. The maximum atomic E-state index is 12.8. The lowest BCUT2D eigenvalue weighted by molar-refractivity contribution is -0.136. The Labute approximate surface area is 116 Å². The number of benzene rings is 1. The summed E-state index contributed by atoms with van der Waals surface area (Å²) in [6.45, 7) is 1.75. The van der Waals surface area contributed by atoms with Gasteiger partial charge in [0.15, 0.2) is 0 Å². The van der Waals surface area contributed by atoms with Crippen molar-refractivity contribution in [2.75, 3.05) is 11.9 Å². The van der Waals surface area contributed by atoms with Crippen molar-refractivity contribution < 1.29 is 27.1 Å². The fourth-order valence-electron chi connectivity index (χ4n) is 1.76. The highest BCUT2D eigenvalue weighted by Gasteiger charge is 2.33. The van der Waals surface area contributed by atoms with Crippen molar-refractivity contribution in [1.82, 2.24) is 0 Å². The first-order valence-corrected chi connectivity index (χ1v) is 5.90. The number of fused-ring (bicyclic) bond motifs is 1. The number of alkyl halides is 3. The highest BCUT2D eigenvalue weighted by molar-refractivity contribution is 5.90. The molecule has 112 valence electrons. The van der Waals surface area contributed by atoms with Crippen LogP contribution in [0, 0.1) is 0 Å². The highest BCUT2D eigenvalue weighted by Crippen LogP contribution is 2.34. The molecule has 8 heteroatoms. The number of rotatable bonds is 2. The fourth-order valence-corrected chi connectivity index (χ4v) is 1.76. The van der Waals surface area contributed by atoms with Crippen LogP contribution in [0.3, 0.4) is 0 Å². The number of nitrogens with one attached hydrogen (secondary N) is 1. The molecule has 0 fully saturated rings. The third-order valence-corrected chi connectivity index (χ3v) is 2.57. The molecule has 21 heavy (non-hydrogen) atoms. The summed E-state index contributed by atoms with van der Waals surface area (Å²) in [5.41, 5.74) is -2.33. The van der Waals surface area contributed by atoms with Crippen LogP contribution in [-0.4, -0.2) is 12.7 Å². The number of carbonyl (C=O) groups is 1. The summed E-state index contributed by atoms with van der Waals surface area (Å²) in [6, 6.07) is 3.89. The summed E-state index contributed by atoms with van der Waals surface area (Å²) in [7, 11) is 0. The van der Waals surface area contributed by atoms with Crippen LogP contribution in [0.25, 0.3) is 11.0 Å². The molecule has 1 N–H and O–H groups in total. The van der Waals surface area contributed by atoms with Crippen LogP contribution in [0.4, 0.5) is 23.7 Å². The SMILES string of the molecule is CCOC(=O)Nc1ccc2c(C(F)(F)F)cc(=O)oc2c1. The first-order valence-electron chi connectivity index (χ1n) is 5.90. The number of hydrogen-bond donors (Lipinski definition) is 1. The Kier molecular flexibility index (Phi) is 3.88. The molecule has 0 unspecified atom stereocenters. The van der Waals surface area contributed by atoms with E-state index in [1.807, 2.05) is 0 Å². The second-order valence-corrected chi connectivity index (χ2v) is 4.03. The lowest BCUT2D eigenvalue weighted by Gasteiger charge is -2.10. The maximum Gasteiger partial charge on any atom is 0.417 e. The van der Waals surface area contributed by atoms with Crippen molar-refractivity contribution in [3.8, 4) is 0 Å². The fraction of sp³-hybridized carbons (Fsp3) is 0.231. The predicted molar refractivity (Wildman–Crippen MR) is 68.1 cm³/mol. The molecule has 0 spiro atoms. The summed E-state index contributed by atoms with van der Waals surface area (Å²) in [4.78, 5) is 22.4. The smallest absolute Gasteiger partial charge is 0.417 e. The molecule has 0 aliphatic carbocycles. The molecule has 1 aromatic heterocycles. The summed E-state index contributed by atoms with van der Waals surface area (Å²) >= 11 is 0. The Morgan fingerprint density at radius 3 is 2.67 bits per heavy atom. The second-order valence-electron chi connectivity index (χ2n) is 4.03. The van der Waals surface area contributed by atoms with E-state index in [2.05, 4.69) is 10.1 Å². The number of amides is 1. The van der Waals surface area contributed by atoms with E-state index in [4.69, 9.17) is 4.42 Å². The molecule has 0 saturated heterocycles. The predicted octanol–water partition coefficient (Wildman–Crippen LogP) is 3.38. The van der Waals surface area contributed by atoms with Gasteiger partial charge in [0.25, 0.3) is 0 Å². The quantitative estimate of drug-likeness (QED) is 0.863. The van der Waals surface area contributed by atoms with Gasteiger partial charge in [-0.2, -0.15) is 13.2 Å². The molecule has 0 bridgehead atoms. The topological polar surface area (TPSA) is 68.5 Å². The number of carbonyl (C=O) groups excluding carboxylic acids is 1. The van der Waals surface area contributed by atoms with Gasteiger partial charge in [0.2, 0.25) is 0 Å². The Hall–Kier alpha value is -2.51. The molecule has 0 saturated carbocycles. The van der Waals surface area contributed by atoms with Crippen molar-refractivity contribution in [2.45, 2.75) is 13.1 Å². The zero-order valence-corrected chi connectivity index (χ0v) is 10.8. The highest BCUT2D eigenvalue weighted by atomic mass is 19.4. The summed E-state index contributed by atoms with van der Waals surface area (Å²) in [5.74, 6) is 0. The Morgan fingerprint density at radius 1 is 1.33 bits per heavy atom. The standard InChI is InChI=1S/C13H10F3NO4/c1-2-20-12(19)17-7-3-4-8-9(13(14,15)16)6-11(18)21-10(8)5-7/h3-6H,2H2,1H3,(H,17,19). The van der Waals surface area contributed by atoms with Gasteiger partial charge in [0.05, 0.1) is 12.2 Å². The van der Waals surface area contributed by atoms with Gasteiger partial charge in [-0.1, -0.05) is 0 Å². The van der Waals surface area contributed by atoms with Crippen molar-refractivity contribution in [3.05, 3.63) is 40.2 Å². The van der Waals surface area contributed by atoms with Gasteiger partial charge in [0, 0.05) is 23.2 Å². The Bertz CT molecular complexity index is 736. The largest absolute Gasteiger partial charge is 0.450 e. The van der Waals surface area contributed by atoms with Crippen molar-refractivity contribution >= 4 is 22.7 Å². The van der Waals surface area contributed by atoms with Crippen LogP contribution in [0.2, 0.25) is 0 Å². The molecule has 5 nitrogen and oxygen atoms in total. The summed E-state index contributed by atoms with van der Waals surface area (Å²) in [6.07, 6.45) is -5.43. The van der Waals surface area contributed by atoms with Crippen LogP contribution in [0.1, 0.15) is 12.5 Å². The molecular weight excluding hydrogens is 291 g/mol. The van der Waals surface area contributed by atoms with Crippen LogP contribution < -0.4 is 10.9 Å². The van der Waals surface area contributed by atoms with Gasteiger partial charge >= 0.3 is 17.9 Å². The minimum atomic E-state index is -4.68. The van der Waals surface area contributed by atoms with Crippen LogP contribution in [0.15, 0.2) is 33.5 Å². The van der Waals surface area contributed by atoms with Gasteiger partial charge < -0.3 is 9.15 Å². The van der Waals surface area contributed by atoms with Crippen LogP contribution in [0.5, 0.6) is 0 Å². The first-order chi connectivity index (χ1) is 9.81. The lowest BCUT2D eigenvalue weighted by Crippen LogP contribution is -2.14. The van der Waals surface area contributed by atoms with Crippen LogP contribution in [-0.2, 0) is 10.9 Å². The van der Waals surface area contributed by atoms with Gasteiger partial charge in [-0.3, -0.25) is 5.32 Å². The molecule has 1 heterocycles. The monoisotopic (exact) mass is 301 g/mol. The van der Waals surface area contributed by atoms with Crippen molar-refractivity contribution in [3.63, 3.8) is 0 Å². The van der Waals surface area contributed by atoms with Gasteiger partial charge in [-0.15, -0.1) is 0 Å². The molecule has 1 amide bonds. The van der Waals surface area contributed by atoms with E-state index in [0.29, 0.717) is 6.07 Å². The molecule has 2 rings (SSSR count). The van der Waals surface area contributed by atoms with E-state index in [1.54, 1.807) is 6.92 Å². The average molecular weight is 301 g/mol. The van der Waals surface area contributed by atoms with Gasteiger partial charge in [-0.25, -0.2) is 9.59 Å². The summed E-state index contributed by atoms with van der Waals surface area (Å²) in [5, 5.41) is 2.04. The maximum absolute atomic E-state index is 12.8. The number of anilines is 1. The lowest BCUT2D eigenvalue weighted by atomic mass is 10.1. The second kappa shape index (κ2) is 5.47.